The zero-order valence-corrected chi connectivity index (χ0v) is 75.5. The maximum atomic E-state index is 4.43. The monoisotopic (exact) mass is 1670 g/mol. The maximum absolute atomic E-state index is 4.43. The average Bonchev–Trinajstić information content (AvgIpc) is 0.752. The third-order valence-electron chi connectivity index (χ3n) is 29.4. The lowest BCUT2D eigenvalue weighted by Gasteiger charge is -2.29. The van der Waals surface area contributed by atoms with Crippen molar-refractivity contribution < 1.29 is 0 Å². The van der Waals surface area contributed by atoms with Gasteiger partial charge in [0.25, 0.3) is 0 Å². The molecule has 10 aliphatic rings. The minimum Gasteiger partial charge on any atom is -0.344 e. The van der Waals surface area contributed by atoms with E-state index in [2.05, 4.69) is 376 Å². The van der Waals surface area contributed by atoms with E-state index >= 15 is 0 Å². The SMILES string of the molecule is CN1c2ccccc2Cc2ccncc21.CN1c2ccccc2Cc2cnccc21.CN1c2ccccc2Cc2ncccc21.Cc1cccc2c1Cc1c(ccc3c1Cc1ccccc1C3)C2.Cc1cccc2c1Cc1cc3c(cc1C2)Cc1ccccc1C3.Cc1cccc2c1Cc1ccc3c(c1C2)Cc1ccccc1C3.Cc1cccc2c1Cc1ccccc1C2. The Hall–Kier alpha value is -14.1. The molecule has 0 N–H and O–H groups in total. The van der Waals surface area contributed by atoms with Crippen molar-refractivity contribution in [3.63, 3.8) is 0 Å². The van der Waals surface area contributed by atoms with Crippen LogP contribution in [-0.2, 0) is 109 Å². The van der Waals surface area contributed by atoms with E-state index in [-0.39, 0.29) is 0 Å². The zero-order chi connectivity index (χ0) is 87.2. The molecule has 0 saturated carbocycles. The number of pyridine rings is 3. The van der Waals surface area contributed by atoms with Gasteiger partial charge >= 0.3 is 0 Å². The third-order valence-corrected chi connectivity index (χ3v) is 29.4. The smallest absolute Gasteiger partial charge is 0.0684 e. The maximum Gasteiger partial charge on any atom is 0.0684 e. The van der Waals surface area contributed by atoms with E-state index in [0.29, 0.717) is 0 Å². The van der Waals surface area contributed by atoms with Crippen molar-refractivity contribution >= 4 is 34.1 Å². The zero-order valence-electron chi connectivity index (χ0n) is 75.5. The molecule has 632 valence electrons. The first kappa shape index (κ1) is 81.9. The van der Waals surface area contributed by atoms with E-state index in [9.17, 15) is 0 Å². The Balaban J connectivity index is 0.0000000922. The molecule has 0 spiro atoms. The molecule has 3 aromatic heterocycles. The highest BCUT2D eigenvalue weighted by Gasteiger charge is 2.30. The molecule has 0 unspecified atom stereocenters. The van der Waals surface area contributed by atoms with Crippen LogP contribution in [0.2, 0.25) is 0 Å². The molecule has 7 aliphatic carbocycles. The van der Waals surface area contributed by atoms with Crippen LogP contribution in [-0.4, -0.2) is 36.1 Å². The highest BCUT2D eigenvalue weighted by atomic mass is 15.1. The minimum atomic E-state index is 0.941. The van der Waals surface area contributed by atoms with Crippen molar-refractivity contribution in [2.75, 3.05) is 35.8 Å². The van der Waals surface area contributed by atoms with Gasteiger partial charge in [-0.1, -0.05) is 261 Å². The van der Waals surface area contributed by atoms with Gasteiger partial charge in [-0.2, -0.15) is 0 Å². The molecule has 129 heavy (non-hydrogen) atoms. The minimum absolute atomic E-state index is 0.941. The summed E-state index contributed by atoms with van der Waals surface area (Å²) in [5, 5.41) is 0. The van der Waals surface area contributed by atoms with Gasteiger partial charge in [0.05, 0.1) is 23.3 Å². The van der Waals surface area contributed by atoms with E-state index in [1.54, 1.807) is 83.5 Å². The second kappa shape index (κ2) is 35.6. The van der Waals surface area contributed by atoms with Crippen LogP contribution in [0.15, 0.2) is 334 Å². The van der Waals surface area contributed by atoms with Gasteiger partial charge in [0.15, 0.2) is 0 Å². The molecule has 0 saturated heterocycles. The molecule has 0 atom stereocenters. The molecule has 3 aliphatic heterocycles. The summed E-state index contributed by atoms with van der Waals surface area (Å²) in [6, 6.07) is 111. The number of anilines is 6. The van der Waals surface area contributed by atoms with Crippen molar-refractivity contribution in [1.29, 1.82) is 0 Å². The topological polar surface area (TPSA) is 48.4 Å². The van der Waals surface area contributed by atoms with Crippen LogP contribution in [0, 0.1) is 27.7 Å². The van der Waals surface area contributed by atoms with Gasteiger partial charge in [0, 0.05) is 87.9 Å². The van der Waals surface area contributed by atoms with Gasteiger partial charge in [-0.05, 0) is 366 Å². The molecular formula is C123H110N6. The lowest BCUT2D eigenvalue weighted by molar-refractivity contribution is 0.914. The van der Waals surface area contributed by atoms with Crippen molar-refractivity contribution in [2.24, 2.45) is 0 Å². The van der Waals surface area contributed by atoms with Gasteiger partial charge in [-0.15, -0.1) is 0 Å². The first-order valence-corrected chi connectivity index (χ1v) is 46.5. The fraction of sp³-hybridized carbons (Fsp3) is 0.195. The van der Waals surface area contributed by atoms with E-state index < -0.39 is 0 Å². The number of para-hydroxylation sites is 3. The summed E-state index contributed by atoms with van der Waals surface area (Å²) in [4.78, 5) is 19.4. The highest BCUT2D eigenvalue weighted by molar-refractivity contribution is 5.76. The fourth-order valence-corrected chi connectivity index (χ4v) is 22.2. The summed E-state index contributed by atoms with van der Waals surface area (Å²) >= 11 is 0. The van der Waals surface area contributed by atoms with Crippen LogP contribution in [0.25, 0.3) is 0 Å². The number of benzene rings is 14. The Bertz CT molecular complexity index is 6770. The highest BCUT2D eigenvalue weighted by Crippen LogP contribution is 2.44. The largest absolute Gasteiger partial charge is 0.344 e. The number of hydrogen-bond donors (Lipinski definition) is 0. The number of aryl methyl sites for hydroxylation is 4. The lowest BCUT2D eigenvalue weighted by atomic mass is 9.76. The van der Waals surface area contributed by atoms with Crippen LogP contribution < -0.4 is 14.7 Å². The number of rotatable bonds is 0. The number of nitrogens with zero attached hydrogens (tertiary/aromatic N) is 6. The van der Waals surface area contributed by atoms with E-state index in [0.717, 1.165) is 109 Å². The first-order chi connectivity index (χ1) is 63.3. The van der Waals surface area contributed by atoms with Crippen LogP contribution in [0.4, 0.5) is 34.1 Å². The Kier molecular flexibility index (Phi) is 22.6. The molecular weight excluding hydrogens is 1560 g/mol. The van der Waals surface area contributed by atoms with Crippen LogP contribution in [0.5, 0.6) is 0 Å². The fourth-order valence-electron chi connectivity index (χ4n) is 22.2. The van der Waals surface area contributed by atoms with E-state index in [1.807, 2.05) is 37.1 Å². The molecule has 6 heteroatoms. The van der Waals surface area contributed by atoms with Gasteiger partial charge in [0.2, 0.25) is 0 Å². The van der Waals surface area contributed by atoms with Crippen molar-refractivity contribution in [3.8, 4) is 0 Å². The van der Waals surface area contributed by atoms with Crippen LogP contribution in [0.3, 0.4) is 0 Å². The molecule has 0 radical (unpaired) electrons. The summed E-state index contributed by atoms with van der Waals surface area (Å²) in [6.07, 6.45) is 27.9. The van der Waals surface area contributed by atoms with Gasteiger partial charge in [0.1, 0.15) is 0 Å². The molecule has 6 nitrogen and oxygen atoms in total. The molecule has 27 rings (SSSR count). The number of fused-ring (bicyclic) bond motifs is 22. The first-order valence-electron chi connectivity index (χ1n) is 46.5. The van der Waals surface area contributed by atoms with Gasteiger partial charge < -0.3 is 14.7 Å². The van der Waals surface area contributed by atoms with Crippen LogP contribution >= 0.6 is 0 Å². The Morgan fingerprint density at radius 3 is 0.891 bits per heavy atom. The number of hydrogen-bond acceptors (Lipinski definition) is 6. The Morgan fingerprint density at radius 1 is 0.171 bits per heavy atom. The summed E-state index contributed by atoms with van der Waals surface area (Å²) in [7, 11) is 6.30. The number of aromatic nitrogens is 3. The van der Waals surface area contributed by atoms with E-state index in [4.69, 9.17) is 0 Å². The lowest BCUT2D eigenvalue weighted by Crippen LogP contribution is -2.19. The quantitative estimate of drug-likeness (QED) is 0.151. The van der Waals surface area contributed by atoms with Crippen LogP contribution in [0.1, 0.15) is 212 Å². The Labute approximate surface area is 762 Å². The summed E-state index contributed by atoms with van der Waals surface area (Å²) < 4.78 is 0. The van der Waals surface area contributed by atoms with Crippen molar-refractivity contribution in [1.82, 2.24) is 15.0 Å². The molecule has 17 aromatic rings. The molecule has 0 bridgehead atoms. The summed E-state index contributed by atoms with van der Waals surface area (Å²) in [5.41, 5.74) is 64.4. The third kappa shape index (κ3) is 16.5. The summed E-state index contributed by atoms with van der Waals surface area (Å²) in [5.74, 6) is 0. The van der Waals surface area contributed by atoms with Crippen molar-refractivity contribution in [3.05, 3.63) is 546 Å². The van der Waals surface area contributed by atoms with Crippen molar-refractivity contribution in [2.45, 2.75) is 137 Å². The second-order valence-corrected chi connectivity index (χ2v) is 37.0. The predicted octanol–water partition coefficient (Wildman–Crippen LogP) is 26.7. The average molecular weight is 1670 g/mol. The molecule has 0 fully saturated rings. The molecule has 14 aromatic carbocycles. The molecule has 0 amide bonds. The predicted molar refractivity (Wildman–Crippen MR) is 534 cm³/mol. The molecule has 6 heterocycles. The Morgan fingerprint density at radius 2 is 0.426 bits per heavy atom. The second-order valence-electron chi connectivity index (χ2n) is 37.0. The normalized spacial score (nSPS) is 13.9. The van der Waals surface area contributed by atoms with Gasteiger partial charge in [-0.25, -0.2) is 0 Å². The summed E-state index contributed by atoms with van der Waals surface area (Å²) in [6.45, 7) is 8.97. The van der Waals surface area contributed by atoms with E-state index in [1.165, 1.54) is 162 Å². The standard InChI is InChI=1S/3C23H20.C15H14.3C13H12N2/c1-15-5-4-8-18-11-21-12-19-9-16-6-2-3-7-17(16)10-20(19)13-22(21)14-23(15)18;1-15-5-4-8-18-12-20-10-9-19-11-16-6-2-3-7-17(16)13-22(19)23(20)14-21(15)18;1-15-5-4-8-18-14-23-20(13-21(15)18)10-9-19-11-16-6-2-3-7-17(16)12-22(19)23;1-11-5-4-8-14-9-12-6-2-3-7-13(12)10-15(11)14;1-15-12-6-3-2-5-10(12)9-11-13(15)7-4-8-14-11;1-15-12-5-3-2-4-10(12)8-11-9-14-7-6-13(11)15;1-15-12-5-3-2-4-10(12)8-11-6-7-14-9-13(11)15/h2-8,12-13H,9-11,14H2,1H3;2*2-10H,11-14H2,1H3;2-8H,9-10H2,1H3;2-8H,9H2,1H3;2*2-7,9H,8H2,1H3. The van der Waals surface area contributed by atoms with Gasteiger partial charge in [-0.3, -0.25) is 15.0 Å².